The van der Waals surface area contributed by atoms with E-state index in [2.05, 4.69) is 24.0 Å². The second-order valence-electron chi connectivity index (χ2n) is 4.69. The molecule has 0 aliphatic carbocycles. The molecule has 1 aromatic rings. The first-order valence-electron chi connectivity index (χ1n) is 6.51. The Balaban J connectivity index is 0.00000180. The molecule has 0 saturated carbocycles. The number of halogens is 1. The maximum absolute atomic E-state index is 5.74. The molecule has 1 heterocycles. The molecule has 1 aliphatic heterocycles. The van der Waals surface area contributed by atoms with Gasteiger partial charge in [0.15, 0.2) is 0 Å². The summed E-state index contributed by atoms with van der Waals surface area (Å²) in [4.78, 5) is 2.34. The predicted octanol–water partition coefficient (Wildman–Crippen LogP) is 1.46. The quantitative estimate of drug-likeness (QED) is 0.890. The van der Waals surface area contributed by atoms with E-state index in [4.69, 9.17) is 15.2 Å². The molecule has 4 nitrogen and oxygen atoms in total. The molecule has 0 bridgehead atoms. The van der Waals surface area contributed by atoms with Crippen LogP contribution >= 0.6 is 12.4 Å². The average Bonchev–Trinajstić information content (AvgIpc) is 2.39. The zero-order valence-electron chi connectivity index (χ0n) is 11.4. The fourth-order valence-corrected chi connectivity index (χ4v) is 2.12. The van der Waals surface area contributed by atoms with Crippen molar-refractivity contribution in [3.8, 4) is 5.75 Å². The molecular weight excluding hydrogens is 264 g/mol. The first-order valence-corrected chi connectivity index (χ1v) is 6.51. The molecule has 2 N–H and O–H groups in total. The molecule has 19 heavy (non-hydrogen) atoms. The second kappa shape index (κ2) is 8.38. The van der Waals surface area contributed by atoms with Crippen molar-refractivity contribution in [2.24, 2.45) is 5.73 Å². The lowest BCUT2D eigenvalue weighted by atomic mass is 10.2. The van der Waals surface area contributed by atoms with Crippen LogP contribution in [0.2, 0.25) is 0 Å². The topological polar surface area (TPSA) is 47.7 Å². The first-order chi connectivity index (χ1) is 8.78. The average molecular weight is 287 g/mol. The zero-order chi connectivity index (χ0) is 12.8. The number of nitrogens with zero attached hydrogens (tertiary/aromatic N) is 1. The van der Waals surface area contributed by atoms with Gasteiger partial charge in [0.1, 0.15) is 12.4 Å². The Kier molecular flexibility index (Phi) is 7.16. The summed E-state index contributed by atoms with van der Waals surface area (Å²) in [5.74, 6) is 0.943. The van der Waals surface area contributed by atoms with E-state index in [1.807, 2.05) is 12.1 Å². The SMILES string of the molecule is Cc1cccc(OCCN2CCOC(CN)C2)c1.Cl. The Morgan fingerprint density at radius 3 is 3.05 bits per heavy atom. The van der Waals surface area contributed by atoms with E-state index < -0.39 is 0 Å². The van der Waals surface area contributed by atoms with E-state index in [-0.39, 0.29) is 18.5 Å². The van der Waals surface area contributed by atoms with Gasteiger partial charge in [-0.05, 0) is 24.6 Å². The largest absolute Gasteiger partial charge is 0.492 e. The van der Waals surface area contributed by atoms with Crippen molar-refractivity contribution < 1.29 is 9.47 Å². The van der Waals surface area contributed by atoms with Crippen molar-refractivity contribution in [1.82, 2.24) is 4.90 Å². The Labute approximate surface area is 121 Å². The molecule has 1 unspecified atom stereocenters. The summed E-state index contributed by atoms with van der Waals surface area (Å²) in [5.41, 5.74) is 6.84. The van der Waals surface area contributed by atoms with Crippen LogP contribution in [0.1, 0.15) is 5.56 Å². The summed E-state index contributed by atoms with van der Waals surface area (Å²) in [6, 6.07) is 8.14. The fourth-order valence-electron chi connectivity index (χ4n) is 2.12. The summed E-state index contributed by atoms with van der Waals surface area (Å²) in [7, 11) is 0. The molecule has 0 radical (unpaired) electrons. The number of ether oxygens (including phenoxy) is 2. The maximum Gasteiger partial charge on any atom is 0.119 e. The normalized spacial score (nSPS) is 19.8. The number of hydrogen-bond acceptors (Lipinski definition) is 4. The van der Waals surface area contributed by atoms with Gasteiger partial charge in [-0.25, -0.2) is 0 Å². The first kappa shape index (κ1) is 16.2. The summed E-state index contributed by atoms with van der Waals surface area (Å²) < 4.78 is 11.3. The van der Waals surface area contributed by atoms with Gasteiger partial charge in [-0.2, -0.15) is 0 Å². The number of rotatable bonds is 5. The van der Waals surface area contributed by atoms with Crippen LogP contribution in [0.15, 0.2) is 24.3 Å². The fraction of sp³-hybridized carbons (Fsp3) is 0.571. The molecule has 5 heteroatoms. The minimum Gasteiger partial charge on any atom is -0.492 e. The van der Waals surface area contributed by atoms with Crippen LogP contribution in [0.4, 0.5) is 0 Å². The Morgan fingerprint density at radius 2 is 2.32 bits per heavy atom. The third-order valence-corrected chi connectivity index (χ3v) is 3.15. The molecule has 1 aromatic carbocycles. The third kappa shape index (κ3) is 5.37. The molecule has 0 aromatic heterocycles. The standard InChI is InChI=1S/C14H22N2O2.ClH/c1-12-3-2-4-13(9-12)17-7-5-16-6-8-18-14(10-15)11-16;/h2-4,9,14H,5-8,10-11,15H2,1H3;1H. The monoisotopic (exact) mass is 286 g/mol. The molecule has 1 atom stereocenters. The number of morpholine rings is 1. The van der Waals surface area contributed by atoms with Crippen LogP contribution in [-0.2, 0) is 4.74 Å². The van der Waals surface area contributed by atoms with Crippen molar-refractivity contribution in [2.45, 2.75) is 13.0 Å². The summed E-state index contributed by atoms with van der Waals surface area (Å²) in [6.45, 7) is 6.94. The molecule has 108 valence electrons. The van der Waals surface area contributed by atoms with E-state index in [0.717, 1.165) is 32.0 Å². The van der Waals surface area contributed by atoms with Gasteiger partial charge in [0.2, 0.25) is 0 Å². The molecule has 2 rings (SSSR count). The highest BCUT2D eigenvalue weighted by Crippen LogP contribution is 2.12. The predicted molar refractivity (Wildman–Crippen MR) is 79.2 cm³/mol. The molecule has 0 amide bonds. The smallest absolute Gasteiger partial charge is 0.119 e. The van der Waals surface area contributed by atoms with Crippen molar-refractivity contribution in [2.75, 3.05) is 39.4 Å². The van der Waals surface area contributed by atoms with Crippen LogP contribution < -0.4 is 10.5 Å². The minimum absolute atomic E-state index is 0. The van der Waals surface area contributed by atoms with Crippen molar-refractivity contribution in [1.29, 1.82) is 0 Å². The highest BCUT2D eigenvalue weighted by atomic mass is 35.5. The van der Waals surface area contributed by atoms with Gasteiger partial charge in [-0.3, -0.25) is 4.90 Å². The van der Waals surface area contributed by atoms with Gasteiger partial charge in [0.05, 0.1) is 12.7 Å². The van der Waals surface area contributed by atoms with Gasteiger partial charge in [0, 0.05) is 26.2 Å². The van der Waals surface area contributed by atoms with Crippen molar-refractivity contribution in [3.05, 3.63) is 29.8 Å². The number of nitrogens with two attached hydrogens (primary N) is 1. The highest BCUT2D eigenvalue weighted by molar-refractivity contribution is 5.85. The van der Waals surface area contributed by atoms with Crippen LogP contribution in [0.25, 0.3) is 0 Å². The highest BCUT2D eigenvalue weighted by Gasteiger charge is 2.18. The second-order valence-corrected chi connectivity index (χ2v) is 4.69. The molecule has 0 spiro atoms. The Morgan fingerprint density at radius 1 is 1.47 bits per heavy atom. The van der Waals surface area contributed by atoms with Crippen LogP contribution in [0.5, 0.6) is 5.75 Å². The van der Waals surface area contributed by atoms with Crippen LogP contribution in [0, 0.1) is 6.92 Å². The van der Waals surface area contributed by atoms with Gasteiger partial charge >= 0.3 is 0 Å². The van der Waals surface area contributed by atoms with E-state index in [9.17, 15) is 0 Å². The lowest BCUT2D eigenvalue weighted by Crippen LogP contribution is -2.46. The Bertz CT molecular complexity index is 376. The zero-order valence-corrected chi connectivity index (χ0v) is 12.2. The van der Waals surface area contributed by atoms with E-state index >= 15 is 0 Å². The lowest BCUT2D eigenvalue weighted by molar-refractivity contribution is -0.0261. The van der Waals surface area contributed by atoms with Gasteiger partial charge in [-0.1, -0.05) is 12.1 Å². The van der Waals surface area contributed by atoms with Crippen molar-refractivity contribution in [3.63, 3.8) is 0 Å². The van der Waals surface area contributed by atoms with Crippen LogP contribution in [-0.4, -0.2) is 50.4 Å². The van der Waals surface area contributed by atoms with Crippen molar-refractivity contribution >= 4 is 12.4 Å². The minimum atomic E-state index is 0. The number of hydrogen-bond donors (Lipinski definition) is 1. The molecular formula is C14H23ClN2O2. The summed E-state index contributed by atoms with van der Waals surface area (Å²) in [5, 5.41) is 0. The lowest BCUT2D eigenvalue weighted by Gasteiger charge is -2.32. The van der Waals surface area contributed by atoms with Gasteiger partial charge in [-0.15, -0.1) is 12.4 Å². The van der Waals surface area contributed by atoms with Gasteiger partial charge in [0.25, 0.3) is 0 Å². The summed E-state index contributed by atoms with van der Waals surface area (Å²) >= 11 is 0. The van der Waals surface area contributed by atoms with E-state index in [0.29, 0.717) is 13.2 Å². The van der Waals surface area contributed by atoms with E-state index in [1.165, 1.54) is 5.56 Å². The molecule has 1 aliphatic rings. The summed E-state index contributed by atoms with van der Waals surface area (Å²) in [6.07, 6.45) is 0.178. The Hall–Kier alpha value is -0.810. The van der Waals surface area contributed by atoms with Crippen LogP contribution in [0.3, 0.4) is 0 Å². The molecule has 1 fully saturated rings. The van der Waals surface area contributed by atoms with Gasteiger partial charge < -0.3 is 15.2 Å². The molecule has 1 saturated heterocycles. The van der Waals surface area contributed by atoms with E-state index in [1.54, 1.807) is 0 Å². The third-order valence-electron chi connectivity index (χ3n) is 3.15. The maximum atomic E-state index is 5.74. The number of benzene rings is 1. The number of aryl methyl sites for hydroxylation is 1.